The lowest BCUT2D eigenvalue weighted by Crippen LogP contribution is -2.30. The zero-order valence-corrected chi connectivity index (χ0v) is 19.8. The van der Waals surface area contributed by atoms with Gasteiger partial charge in [-0.3, -0.25) is 14.5 Å². The highest BCUT2D eigenvalue weighted by atomic mass is 35.5. The number of halogens is 1. The predicted octanol–water partition coefficient (Wildman–Crippen LogP) is 5.77. The van der Waals surface area contributed by atoms with Gasteiger partial charge in [-0.1, -0.05) is 53.7 Å². The largest absolute Gasteiger partial charge is 0.378 e. The summed E-state index contributed by atoms with van der Waals surface area (Å²) in [6.45, 7) is 0. The van der Waals surface area contributed by atoms with Crippen LogP contribution in [0.4, 0.5) is 11.4 Å². The predicted molar refractivity (Wildman–Crippen MR) is 138 cm³/mol. The summed E-state index contributed by atoms with van der Waals surface area (Å²) < 4.78 is 0. The van der Waals surface area contributed by atoms with E-state index in [2.05, 4.69) is 4.99 Å². The molecule has 3 aromatic carbocycles. The molecule has 4 rings (SSSR count). The number of aliphatic imine (C=N–C) groups is 1. The molecule has 33 heavy (non-hydrogen) atoms. The van der Waals surface area contributed by atoms with Crippen molar-refractivity contribution in [3.63, 3.8) is 0 Å². The van der Waals surface area contributed by atoms with Crippen LogP contribution in [0.2, 0.25) is 5.02 Å². The lowest BCUT2D eigenvalue weighted by Gasteiger charge is -2.17. The summed E-state index contributed by atoms with van der Waals surface area (Å²) in [5.41, 5.74) is 3.56. The summed E-state index contributed by atoms with van der Waals surface area (Å²) >= 11 is 7.16. The molecule has 1 amide bonds. The van der Waals surface area contributed by atoms with Gasteiger partial charge in [-0.25, -0.2) is 4.99 Å². The van der Waals surface area contributed by atoms with Crippen LogP contribution in [0, 0.1) is 0 Å². The summed E-state index contributed by atoms with van der Waals surface area (Å²) in [6, 6.07) is 24.0. The maximum atomic E-state index is 13.3. The molecule has 1 aliphatic rings. The van der Waals surface area contributed by atoms with Crippen LogP contribution >= 0.6 is 23.4 Å². The number of rotatable bonds is 6. The van der Waals surface area contributed by atoms with Crippen LogP contribution in [0.25, 0.3) is 6.08 Å². The fourth-order valence-corrected chi connectivity index (χ4v) is 4.31. The Morgan fingerprint density at radius 3 is 2.30 bits per heavy atom. The van der Waals surface area contributed by atoms with Gasteiger partial charge >= 0.3 is 0 Å². The highest BCUT2D eigenvalue weighted by Gasteiger charge is 2.32. The van der Waals surface area contributed by atoms with E-state index < -0.39 is 0 Å². The fourth-order valence-electron chi connectivity index (χ4n) is 3.27. The molecule has 1 heterocycles. The van der Waals surface area contributed by atoms with Gasteiger partial charge in [-0.15, -0.1) is 0 Å². The van der Waals surface area contributed by atoms with Crippen molar-refractivity contribution >= 4 is 57.7 Å². The lowest BCUT2D eigenvalue weighted by atomic mass is 10.1. The van der Waals surface area contributed by atoms with Gasteiger partial charge in [0.15, 0.2) is 11.0 Å². The number of amides is 1. The lowest BCUT2D eigenvalue weighted by molar-refractivity contribution is -0.113. The number of anilines is 2. The third-order valence-electron chi connectivity index (χ3n) is 5.06. The number of hydrogen-bond acceptors (Lipinski definition) is 5. The second-order valence-electron chi connectivity index (χ2n) is 7.60. The fraction of sp³-hybridized carbons (Fsp3) is 0.115. The molecule has 0 bridgehead atoms. The molecule has 0 unspecified atom stereocenters. The highest BCUT2D eigenvalue weighted by Crippen LogP contribution is 2.30. The summed E-state index contributed by atoms with van der Waals surface area (Å²) in [5.74, 6) is -0.127. The number of benzene rings is 3. The van der Waals surface area contributed by atoms with Crippen molar-refractivity contribution in [2.45, 2.75) is 0 Å². The molecule has 166 valence electrons. The van der Waals surface area contributed by atoms with Gasteiger partial charge in [0, 0.05) is 30.4 Å². The van der Waals surface area contributed by atoms with Gasteiger partial charge in [0.05, 0.1) is 11.4 Å². The number of hydrogen-bond donors (Lipinski definition) is 0. The SMILES string of the molecule is CN(C)c1ccc(/C=C2/N=C(SCC(=O)c3ccc(Cl)cc3)N(c3ccccc3)C2=O)cc1. The number of Topliss-reactive ketones (excluding diaryl/α,β-unsaturated/α-hetero) is 1. The Bertz CT molecular complexity index is 1220. The van der Waals surface area contributed by atoms with Gasteiger partial charge < -0.3 is 4.90 Å². The van der Waals surface area contributed by atoms with Crippen LogP contribution in [0.5, 0.6) is 0 Å². The van der Waals surface area contributed by atoms with E-state index in [4.69, 9.17) is 11.6 Å². The molecule has 0 atom stereocenters. The van der Waals surface area contributed by atoms with Crippen LogP contribution in [0.3, 0.4) is 0 Å². The van der Waals surface area contributed by atoms with E-state index in [1.54, 1.807) is 35.2 Å². The molecule has 0 fully saturated rings. The standard InChI is InChI=1S/C26H22ClN3O2S/c1-29(2)21-14-8-18(9-15-21)16-23-25(32)30(22-6-4-3-5-7-22)26(28-23)33-17-24(31)19-10-12-20(27)13-11-19/h3-16H,17H2,1-2H3/b23-16+. The second kappa shape index (κ2) is 10.1. The summed E-state index contributed by atoms with van der Waals surface area (Å²) in [7, 11) is 3.95. The quantitative estimate of drug-likeness (QED) is 0.335. The minimum absolute atomic E-state index is 0.0588. The smallest absolute Gasteiger partial charge is 0.283 e. The second-order valence-corrected chi connectivity index (χ2v) is 8.98. The molecular formula is C26H22ClN3O2S. The van der Waals surface area contributed by atoms with E-state index in [0.717, 1.165) is 11.3 Å². The molecule has 3 aromatic rings. The van der Waals surface area contributed by atoms with E-state index in [1.165, 1.54) is 11.8 Å². The molecular weight excluding hydrogens is 454 g/mol. The zero-order valence-electron chi connectivity index (χ0n) is 18.2. The first-order chi connectivity index (χ1) is 15.9. The highest BCUT2D eigenvalue weighted by molar-refractivity contribution is 8.14. The number of ketones is 1. The number of carbonyl (C=O) groups excluding carboxylic acids is 2. The van der Waals surface area contributed by atoms with Crippen molar-refractivity contribution in [3.05, 3.63) is 101 Å². The van der Waals surface area contributed by atoms with Crippen molar-refractivity contribution in [1.29, 1.82) is 0 Å². The maximum absolute atomic E-state index is 13.3. The van der Waals surface area contributed by atoms with Crippen LogP contribution in [-0.4, -0.2) is 36.7 Å². The van der Waals surface area contributed by atoms with Crippen LogP contribution in [0.1, 0.15) is 15.9 Å². The topological polar surface area (TPSA) is 53.0 Å². The van der Waals surface area contributed by atoms with E-state index >= 15 is 0 Å². The summed E-state index contributed by atoms with van der Waals surface area (Å²) in [5, 5.41) is 1.05. The Kier molecular flexibility index (Phi) is 6.96. The molecule has 0 N–H and O–H groups in total. The Balaban J connectivity index is 1.60. The van der Waals surface area contributed by atoms with Crippen molar-refractivity contribution < 1.29 is 9.59 Å². The average Bonchev–Trinajstić information content (AvgIpc) is 3.13. The number of para-hydroxylation sites is 1. The molecule has 0 saturated heterocycles. The number of nitrogens with zero attached hydrogens (tertiary/aromatic N) is 3. The summed E-state index contributed by atoms with van der Waals surface area (Å²) in [6.07, 6.45) is 1.77. The minimum atomic E-state index is -0.223. The van der Waals surface area contributed by atoms with E-state index in [0.29, 0.717) is 27.1 Å². The van der Waals surface area contributed by atoms with Crippen molar-refractivity contribution in [2.24, 2.45) is 4.99 Å². The van der Waals surface area contributed by atoms with Gasteiger partial charge in [0.1, 0.15) is 5.70 Å². The van der Waals surface area contributed by atoms with Crippen LogP contribution in [-0.2, 0) is 4.79 Å². The molecule has 7 heteroatoms. The Morgan fingerprint density at radius 2 is 1.67 bits per heavy atom. The van der Waals surface area contributed by atoms with Crippen LogP contribution < -0.4 is 9.80 Å². The van der Waals surface area contributed by atoms with Gasteiger partial charge in [0.2, 0.25) is 0 Å². The molecule has 1 aliphatic heterocycles. The van der Waals surface area contributed by atoms with Crippen LogP contribution in [0.15, 0.2) is 89.6 Å². The number of carbonyl (C=O) groups is 2. The minimum Gasteiger partial charge on any atom is -0.378 e. The van der Waals surface area contributed by atoms with Gasteiger partial charge in [0.25, 0.3) is 5.91 Å². The van der Waals surface area contributed by atoms with E-state index in [-0.39, 0.29) is 17.4 Å². The first-order valence-corrected chi connectivity index (χ1v) is 11.7. The van der Waals surface area contributed by atoms with Gasteiger partial charge in [-0.2, -0.15) is 0 Å². The third kappa shape index (κ3) is 5.35. The molecule has 0 aliphatic carbocycles. The monoisotopic (exact) mass is 475 g/mol. The average molecular weight is 476 g/mol. The first-order valence-electron chi connectivity index (χ1n) is 10.3. The van der Waals surface area contributed by atoms with Gasteiger partial charge in [-0.05, 0) is 60.2 Å². The Labute approximate surface area is 202 Å². The molecule has 0 aromatic heterocycles. The first kappa shape index (κ1) is 22.8. The van der Waals surface area contributed by atoms with E-state index in [1.807, 2.05) is 73.6 Å². The van der Waals surface area contributed by atoms with Crippen molar-refractivity contribution in [1.82, 2.24) is 0 Å². The maximum Gasteiger partial charge on any atom is 0.283 e. The zero-order chi connectivity index (χ0) is 23.4. The normalized spacial score (nSPS) is 14.5. The molecule has 5 nitrogen and oxygen atoms in total. The Hall–Kier alpha value is -3.35. The molecule has 0 saturated carbocycles. The third-order valence-corrected chi connectivity index (χ3v) is 6.25. The molecule has 0 radical (unpaired) electrons. The van der Waals surface area contributed by atoms with Crippen molar-refractivity contribution in [2.75, 3.05) is 29.6 Å². The molecule has 0 spiro atoms. The Morgan fingerprint density at radius 1 is 1.00 bits per heavy atom. The van der Waals surface area contributed by atoms with Crippen molar-refractivity contribution in [3.8, 4) is 0 Å². The summed E-state index contributed by atoms with van der Waals surface area (Å²) in [4.78, 5) is 34.1. The number of amidine groups is 1. The van der Waals surface area contributed by atoms with E-state index in [9.17, 15) is 9.59 Å². The number of thioether (sulfide) groups is 1.